The Bertz CT molecular complexity index is 397. The van der Waals surface area contributed by atoms with Crippen LogP contribution in [0.25, 0.3) is 0 Å². The average molecular weight is 236 g/mol. The van der Waals surface area contributed by atoms with Crippen LogP contribution in [-0.4, -0.2) is 22.2 Å². The van der Waals surface area contributed by atoms with E-state index in [2.05, 4.69) is 23.8 Å². The predicted octanol–water partition coefficient (Wildman–Crippen LogP) is 2.13. The minimum Gasteiger partial charge on any atom is -0.480 e. The summed E-state index contributed by atoms with van der Waals surface area (Å²) in [5.74, 6) is 1.10. The molecule has 0 spiro atoms. The summed E-state index contributed by atoms with van der Waals surface area (Å²) in [6.07, 6.45) is 6.10. The molecule has 1 heterocycles. The fourth-order valence-electron chi connectivity index (χ4n) is 2.75. The molecule has 3 unspecified atom stereocenters. The van der Waals surface area contributed by atoms with Gasteiger partial charge in [0, 0.05) is 12.4 Å². The Morgan fingerprint density at radius 1 is 1.35 bits per heavy atom. The number of nitrogens with zero attached hydrogens (tertiary/aromatic N) is 2. The summed E-state index contributed by atoms with van der Waals surface area (Å²) in [6, 6.07) is 0. The smallest absolute Gasteiger partial charge is 0.238 e. The zero-order chi connectivity index (χ0) is 12.5. The van der Waals surface area contributed by atoms with E-state index >= 15 is 0 Å². The Balaban J connectivity index is 2.42. The van der Waals surface area contributed by atoms with E-state index in [0.29, 0.717) is 17.5 Å². The maximum Gasteiger partial charge on any atom is 0.238 e. The Morgan fingerprint density at radius 2 is 2.06 bits per heavy atom. The van der Waals surface area contributed by atoms with E-state index in [1.54, 1.807) is 19.5 Å². The van der Waals surface area contributed by atoms with Crippen LogP contribution in [0.15, 0.2) is 12.4 Å². The Hall–Kier alpha value is -1.16. The summed E-state index contributed by atoms with van der Waals surface area (Å²) in [4.78, 5) is 8.42. The molecule has 4 heteroatoms. The molecular formula is C13H20N2O2. The third-order valence-corrected chi connectivity index (χ3v) is 4.09. The van der Waals surface area contributed by atoms with Crippen LogP contribution in [-0.2, 0) is 5.60 Å². The second kappa shape index (κ2) is 4.61. The monoisotopic (exact) mass is 236 g/mol. The third kappa shape index (κ3) is 2.02. The lowest BCUT2D eigenvalue weighted by Crippen LogP contribution is -2.41. The molecule has 0 radical (unpaired) electrons. The molecule has 2 rings (SSSR count). The Labute approximate surface area is 102 Å². The maximum atomic E-state index is 10.9. The molecule has 1 saturated carbocycles. The predicted molar refractivity (Wildman–Crippen MR) is 64.7 cm³/mol. The van der Waals surface area contributed by atoms with Crippen LogP contribution in [0.4, 0.5) is 0 Å². The van der Waals surface area contributed by atoms with Gasteiger partial charge in [-0.1, -0.05) is 20.3 Å². The second-order valence-electron chi connectivity index (χ2n) is 5.00. The third-order valence-electron chi connectivity index (χ3n) is 4.09. The fraction of sp³-hybridized carbons (Fsp3) is 0.692. The standard InChI is InChI=1S/C13H20N2O2/c1-9-5-4-6-13(16,10(9)2)11-12(17-3)15-8-7-14-11/h7-10,16H,4-6H2,1-3H3. The number of aromatic nitrogens is 2. The lowest BCUT2D eigenvalue weighted by Gasteiger charge is -2.41. The molecule has 0 saturated heterocycles. The first-order valence-corrected chi connectivity index (χ1v) is 6.17. The highest BCUT2D eigenvalue weighted by atomic mass is 16.5. The van der Waals surface area contributed by atoms with Crippen LogP contribution >= 0.6 is 0 Å². The van der Waals surface area contributed by atoms with Crippen molar-refractivity contribution in [2.24, 2.45) is 11.8 Å². The van der Waals surface area contributed by atoms with Crippen molar-refractivity contribution < 1.29 is 9.84 Å². The van der Waals surface area contributed by atoms with Crippen LogP contribution in [0.1, 0.15) is 38.8 Å². The quantitative estimate of drug-likeness (QED) is 0.854. The number of aliphatic hydroxyl groups is 1. The van der Waals surface area contributed by atoms with E-state index in [1.807, 2.05) is 0 Å². The summed E-state index contributed by atoms with van der Waals surface area (Å²) in [5, 5.41) is 10.9. The highest BCUT2D eigenvalue weighted by molar-refractivity contribution is 5.26. The Kier molecular flexibility index (Phi) is 3.33. The van der Waals surface area contributed by atoms with Crippen LogP contribution < -0.4 is 4.74 Å². The zero-order valence-corrected chi connectivity index (χ0v) is 10.7. The summed E-state index contributed by atoms with van der Waals surface area (Å²) < 4.78 is 5.21. The van der Waals surface area contributed by atoms with Gasteiger partial charge in [0.1, 0.15) is 11.3 Å². The molecule has 0 aliphatic heterocycles. The van der Waals surface area contributed by atoms with Gasteiger partial charge in [-0.2, -0.15) is 0 Å². The van der Waals surface area contributed by atoms with Gasteiger partial charge in [0.15, 0.2) is 0 Å². The fourth-order valence-corrected chi connectivity index (χ4v) is 2.75. The summed E-state index contributed by atoms with van der Waals surface area (Å²) in [6.45, 7) is 4.26. The largest absolute Gasteiger partial charge is 0.480 e. The molecular weight excluding hydrogens is 216 g/mol. The molecule has 1 fully saturated rings. The van der Waals surface area contributed by atoms with Gasteiger partial charge in [-0.3, -0.25) is 4.98 Å². The first kappa shape index (κ1) is 12.3. The van der Waals surface area contributed by atoms with Crippen LogP contribution in [0.2, 0.25) is 0 Å². The summed E-state index contributed by atoms with van der Waals surface area (Å²) >= 11 is 0. The van der Waals surface area contributed by atoms with Gasteiger partial charge < -0.3 is 9.84 Å². The molecule has 94 valence electrons. The summed E-state index contributed by atoms with van der Waals surface area (Å²) in [5.41, 5.74) is -0.321. The van der Waals surface area contributed by atoms with Gasteiger partial charge in [0.2, 0.25) is 5.88 Å². The minimum absolute atomic E-state index is 0.168. The molecule has 4 nitrogen and oxygen atoms in total. The number of hydrogen-bond acceptors (Lipinski definition) is 4. The first-order chi connectivity index (χ1) is 8.09. The van der Waals surface area contributed by atoms with Crippen molar-refractivity contribution in [3.8, 4) is 5.88 Å². The molecule has 1 aliphatic carbocycles. The van der Waals surface area contributed by atoms with Gasteiger partial charge in [-0.25, -0.2) is 4.98 Å². The van der Waals surface area contributed by atoms with Gasteiger partial charge in [0.05, 0.1) is 7.11 Å². The summed E-state index contributed by atoms with van der Waals surface area (Å²) in [7, 11) is 1.56. The number of ether oxygens (including phenoxy) is 1. The lowest BCUT2D eigenvalue weighted by atomic mass is 9.69. The van der Waals surface area contributed by atoms with E-state index in [-0.39, 0.29) is 5.92 Å². The topological polar surface area (TPSA) is 55.2 Å². The highest BCUT2D eigenvalue weighted by Crippen LogP contribution is 2.45. The molecule has 17 heavy (non-hydrogen) atoms. The zero-order valence-electron chi connectivity index (χ0n) is 10.7. The van der Waals surface area contributed by atoms with Crippen LogP contribution in [0.3, 0.4) is 0 Å². The van der Waals surface area contributed by atoms with Crippen LogP contribution in [0, 0.1) is 11.8 Å². The minimum atomic E-state index is -0.905. The van der Waals surface area contributed by atoms with E-state index in [1.165, 1.54) is 0 Å². The van der Waals surface area contributed by atoms with Gasteiger partial charge in [-0.05, 0) is 24.7 Å². The van der Waals surface area contributed by atoms with Gasteiger partial charge in [0.25, 0.3) is 0 Å². The van der Waals surface area contributed by atoms with Crippen molar-refractivity contribution in [3.05, 3.63) is 18.1 Å². The molecule has 0 amide bonds. The van der Waals surface area contributed by atoms with Gasteiger partial charge >= 0.3 is 0 Å². The number of rotatable bonds is 2. The molecule has 1 aromatic rings. The average Bonchev–Trinajstić information content (AvgIpc) is 2.36. The molecule has 1 aliphatic rings. The Morgan fingerprint density at radius 3 is 2.76 bits per heavy atom. The van der Waals surface area contributed by atoms with Crippen molar-refractivity contribution in [1.29, 1.82) is 0 Å². The SMILES string of the molecule is COc1nccnc1C1(O)CCCC(C)C1C. The second-order valence-corrected chi connectivity index (χ2v) is 5.00. The molecule has 1 N–H and O–H groups in total. The molecule has 1 aromatic heterocycles. The van der Waals surface area contributed by atoms with Crippen molar-refractivity contribution in [2.45, 2.75) is 38.7 Å². The highest BCUT2D eigenvalue weighted by Gasteiger charge is 2.44. The van der Waals surface area contributed by atoms with E-state index in [0.717, 1.165) is 19.3 Å². The molecule has 0 bridgehead atoms. The van der Waals surface area contributed by atoms with Crippen molar-refractivity contribution >= 4 is 0 Å². The van der Waals surface area contributed by atoms with Crippen LogP contribution in [0.5, 0.6) is 5.88 Å². The number of hydrogen-bond donors (Lipinski definition) is 1. The van der Waals surface area contributed by atoms with Crippen molar-refractivity contribution in [3.63, 3.8) is 0 Å². The van der Waals surface area contributed by atoms with Crippen molar-refractivity contribution in [2.75, 3.05) is 7.11 Å². The molecule has 0 aromatic carbocycles. The lowest BCUT2D eigenvalue weighted by molar-refractivity contribution is -0.0739. The van der Waals surface area contributed by atoms with Gasteiger partial charge in [-0.15, -0.1) is 0 Å². The van der Waals surface area contributed by atoms with Crippen molar-refractivity contribution in [1.82, 2.24) is 9.97 Å². The molecule has 3 atom stereocenters. The van der Waals surface area contributed by atoms with E-state index in [4.69, 9.17) is 4.74 Å². The first-order valence-electron chi connectivity index (χ1n) is 6.17. The maximum absolute atomic E-state index is 10.9. The van der Waals surface area contributed by atoms with E-state index < -0.39 is 5.60 Å². The number of methoxy groups -OCH3 is 1. The van der Waals surface area contributed by atoms with E-state index in [9.17, 15) is 5.11 Å². The normalized spacial score (nSPS) is 33.4.